The summed E-state index contributed by atoms with van der Waals surface area (Å²) >= 11 is 0. The third-order valence-corrected chi connectivity index (χ3v) is 5.81. The number of hydrogen-bond acceptors (Lipinski definition) is 4. The largest absolute Gasteiger partial charge is 0.328 e. The van der Waals surface area contributed by atoms with Crippen LogP contribution in [0, 0.1) is 12.7 Å². The Hall–Kier alpha value is -3.81. The first kappa shape index (κ1) is 19.2. The minimum Gasteiger partial charge on any atom is -0.328 e. The van der Waals surface area contributed by atoms with E-state index in [2.05, 4.69) is 15.2 Å². The van der Waals surface area contributed by atoms with E-state index in [1.807, 2.05) is 33.3 Å². The minimum atomic E-state index is -0.303. The van der Waals surface area contributed by atoms with Gasteiger partial charge in [-0.1, -0.05) is 0 Å². The zero-order valence-electron chi connectivity index (χ0n) is 17.5. The number of hydrogen-bond donors (Lipinski definition) is 0. The summed E-state index contributed by atoms with van der Waals surface area (Å²) in [5.41, 5.74) is 6.48. The van der Waals surface area contributed by atoms with Crippen molar-refractivity contribution in [2.45, 2.75) is 20.0 Å². The molecule has 1 aliphatic heterocycles. The Morgan fingerprint density at radius 3 is 2.58 bits per heavy atom. The Morgan fingerprint density at radius 1 is 1.10 bits per heavy atom. The molecule has 0 spiro atoms. The minimum absolute atomic E-state index is 0.0599. The maximum Gasteiger partial charge on any atom is 0.257 e. The molecule has 7 nitrogen and oxygen atoms in total. The van der Waals surface area contributed by atoms with Crippen LogP contribution in [0.4, 0.5) is 4.39 Å². The standard InChI is InChI=1S/C23H21FN6O/c1-14-16(10-26-29(14)3)11-30-13-20-21(23(30)31)18(8-9-25-20)19-12-28(2)27-22(19)15-4-6-17(24)7-5-15/h4-10,12H,11,13H2,1-3H3. The van der Waals surface area contributed by atoms with Gasteiger partial charge in [0.1, 0.15) is 11.5 Å². The summed E-state index contributed by atoms with van der Waals surface area (Å²) in [6, 6.07) is 8.06. The number of pyridine rings is 1. The highest BCUT2D eigenvalue weighted by Crippen LogP contribution is 2.37. The molecule has 3 aromatic heterocycles. The monoisotopic (exact) mass is 416 g/mol. The molecule has 8 heteroatoms. The highest BCUT2D eigenvalue weighted by atomic mass is 19.1. The molecule has 0 radical (unpaired) electrons. The molecule has 0 aliphatic carbocycles. The first-order valence-electron chi connectivity index (χ1n) is 9.97. The number of carbonyl (C=O) groups is 1. The number of aryl methyl sites for hydroxylation is 2. The molecular weight excluding hydrogens is 395 g/mol. The van der Waals surface area contributed by atoms with Crippen LogP contribution in [0.15, 0.2) is 48.9 Å². The molecule has 0 bridgehead atoms. The van der Waals surface area contributed by atoms with Crippen LogP contribution < -0.4 is 0 Å². The molecule has 31 heavy (non-hydrogen) atoms. The van der Waals surface area contributed by atoms with Crippen LogP contribution in [0.3, 0.4) is 0 Å². The van der Waals surface area contributed by atoms with Gasteiger partial charge in [-0.2, -0.15) is 10.2 Å². The summed E-state index contributed by atoms with van der Waals surface area (Å²) < 4.78 is 16.9. The normalized spacial score (nSPS) is 13.2. The molecule has 0 fully saturated rings. The zero-order valence-corrected chi connectivity index (χ0v) is 17.5. The van der Waals surface area contributed by atoms with Gasteiger partial charge >= 0.3 is 0 Å². The van der Waals surface area contributed by atoms with Crippen molar-refractivity contribution >= 4 is 5.91 Å². The van der Waals surface area contributed by atoms with Crippen molar-refractivity contribution in [1.82, 2.24) is 29.4 Å². The van der Waals surface area contributed by atoms with Crippen LogP contribution in [0.25, 0.3) is 22.4 Å². The number of benzene rings is 1. The second-order valence-corrected chi connectivity index (χ2v) is 7.79. The smallest absolute Gasteiger partial charge is 0.257 e. The first-order chi connectivity index (χ1) is 14.9. The number of amides is 1. The predicted molar refractivity (Wildman–Crippen MR) is 113 cm³/mol. The molecular formula is C23H21FN6O. The lowest BCUT2D eigenvalue weighted by molar-refractivity contribution is 0.0766. The molecule has 156 valence electrons. The van der Waals surface area contributed by atoms with Gasteiger partial charge in [0, 0.05) is 61.0 Å². The Bertz CT molecular complexity index is 1300. The summed E-state index contributed by atoms with van der Waals surface area (Å²) in [5, 5.41) is 8.85. The van der Waals surface area contributed by atoms with Gasteiger partial charge in [0.15, 0.2) is 0 Å². The summed E-state index contributed by atoms with van der Waals surface area (Å²) in [7, 11) is 3.72. The molecule has 5 rings (SSSR count). The van der Waals surface area contributed by atoms with Gasteiger partial charge in [0.25, 0.3) is 5.91 Å². The Balaban J connectivity index is 1.56. The van der Waals surface area contributed by atoms with E-state index in [1.165, 1.54) is 12.1 Å². The first-order valence-corrected chi connectivity index (χ1v) is 9.97. The lowest BCUT2D eigenvalue weighted by Crippen LogP contribution is -2.23. The van der Waals surface area contributed by atoms with Gasteiger partial charge in [-0.05, 0) is 37.3 Å². The van der Waals surface area contributed by atoms with Crippen LogP contribution in [-0.2, 0) is 27.2 Å². The summed E-state index contributed by atoms with van der Waals surface area (Å²) in [4.78, 5) is 19.7. The molecule has 1 amide bonds. The van der Waals surface area contributed by atoms with Crippen LogP contribution in [0.1, 0.15) is 27.3 Å². The maximum absolute atomic E-state index is 13.4. The highest BCUT2D eigenvalue weighted by Gasteiger charge is 2.33. The van der Waals surface area contributed by atoms with Crippen LogP contribution in [-0.4, -0.2) is 35.4 Å². The van der Waals surface area contributed by atoms with E-state index in [1.54, 1.807) is 38.8 Å². The summed E-state index contributed by atoms with van der Waals surface area (Å²) in [6.07, 6.45) is 5.41. The van der Waals surface area contributed by atoms with E-state index in [0.29, 0.717) is 24.3 Å². The fourth-order valence-corrected chi connectivity index (χ4v) is 4.04. The van der Waals surface area contributed by atoms with E-state index in [-0.39, 0.29) is 11.7 Å². The van der Waals surface area contributed by atoms with Crippen molar-refractivity contribution < 1.29 is 9.18 Å². The molecule has 1 aliphatic rings. The SMILES string of the molecule is Cc1c(CN2Cc3nccc(-c4cn(C)nc4-c4ccc(F)cc4)c3C2=O)cnn1C. The summed E-state index contributed by atoms with van der Waals surface area (Å²) in [5.74, 6) is -0.363. The molecule has 0 N–H and O–H groups in total. The number of rotatable bonds is 4. The van der Waals surface area contributed by atoms with Crippen molar-refractivity contribution in [2.24, 2.45) is 14.1 Å². The van der Waals surface area contributed by atoms with Crippen molar-refractivity contribution in [3.05, 3.63) is 77.3 Å². The predicted octanol–water partition coefficient (Wildman–Crippen LogP) is 3.49. The van der Waals surface area contributed by atoms with Crippen molar-refractivity contribution in [2.75, 3.05) is 0 Å². The van der Waals surface area contributed by atoms with Crippen molar-refractivity contribution in [3.63, 3.8) is 0 Å². The second kappa shape index (κ2) is 7.16. The topological polar surface area (TPSA) is 68.8 Å². The zero-order chi connectivity index (χ0) is 21.7. The van der Waals surface area contributed by atoms with Crippen molar-refractivity contribution in [3.8, 4) is 22.4 Å². The Kier molecular flexibility index (Phi) is 4.43. The molecule has 0 saturated carbocycles. The number of fused-ring (bicyclic) bond motifs is 1. The van der Waals surface area contributed by atoms with E-state index in [9.17, 15) is 9.18 Å². The quantitative estimate of drug-likeness (QED) is 0.511. The molecule has 1 aromatic carbocycles. The number of halogens is 1. The number of nitrogens with zero attached hydrogens (tertiary/aromatic N) is 6. The number of carbonyl (C=O) groups excluding carboxylic acids is 1. The highest BCUT2D eigenvalue weighted by molar-refractivity contribution is 6.05. The van der Waals surface area contributed by atoms with Crippen molar-refractivity contribution in [1.29, 1.82) is 0 Å². The Labute approximate surface area is 178 Å². The van der Waals surface area contributed by atoms with Gasteiger partial charge in [0.05, 0.1) is 24.0 Å². The van der Waals surface area contributed by atoms with Gasteiger partial charge in [-0.15, -0.1) is 0 Å². The van der Waals surface area contributed by atoms with Gasteiger partial charge in [-0.3, -0.25) is 19.1 Å². The van der Waals surface area contributed by atoms with Crippen LogP contribution in [0.2, 0.25) is 0 Å². The van der Waals surface area contributed by atoms with E-state index < -0.39 is 0 Å². The fraction of sp³-hybridized carbons (Fsp3) is 0.217. The fourth-order valence-electron chi connectivity index (χ4n) is 4.04. The second-order valence-electron chi connectivity index (χ2n) is 7.79. The molecule has 0 saturated heterocycles. The average molecular weight is 416 g/mol. The van der Waals surface area contributed by atoms with Gasteiger partial charge in [-0.25, -0.2) is 4.39 Å². The van der Waals surface area contributed by atoms with E-state index in [0.717, 1.165) is 33.6 Å². The lowest BCUT2D eigenvalue weighted by atomic mass is 9.97. The maximum atomic E-state index is 13.4. The van der Waals surface area contributed by atoms with E-state index in [4.69, 9.17) is 0 Å². The molecule has 4 aromatic rings. The molecule has 4 heterocycles. The van der Waals surface area contributed by atoms with Gasteiger partial charge in [0.2, 0.25) is 0 Å². The van der Waals surface area contributed by atoms with E-state index >= 15 is 0 Å². The van der Waals surface area contributed by atoms with Gasteiger partial charge < -0.3 is 4.90 Å². The third kappa shape index (κ3) is 3.20. The Morgan fingerprint density at radius 2 is 1.87 bits per heavy atom. The average Bonchev–Trinajstić information content (AvgIpc) is 3.40. The van der Waals surface area contributed by atoms with Crippen LogP contribution >= 0.6 is 0 Å². The lowest BCUT2D eigenvalue weighted by Gasteiger charge is -2.15. The molecule has 0 unspecified atom stereocenters. The summed E-state index contributed by atoms with van der Waals surface area (Å²) in [6.45, 7) is 2.92. The van der Waals surface area contributed by atoms with Crippen LogP contribution in [0.5, 0.6) is 0 Å². The number of aromatic nitrogens is 5. The molecule has 0 atom stereocenters. The third-order valence-electron chi connectivity index (χ3n) is 5.81.